The number of nitriles is 1. The summed E-state index contributed by atoms with van der Waals surface area (Å²) in [6, 6.07) is 2.22. The lowest BCUT2D eigenvalue weighted by atomic mass is 9.81. The smallest absolute Gasteiger partial charge is 0.240 e. The van der Waals surface area contributed by atoms with Crippen molar-refractivity contribution in [3.8, 4) is 6.07 Å². The maximum Gasteiger partial charge on any atom is 0.240 e. The van der Waals surface area contributed by atoms with Crippen LogP contribution in [-0.2, 0) is 9.53 Å². The van der Waals surface area contributed by atoms with E-state index in [1.807, 2.05) is 0 Å². The van der Waals surface area contributed by atoms with Crippen molar-refractivity contribution in [2.24, 2.45) is 5.41 Å². The molecule has 0 radical (unpaired) electrons. The number of rotatable bonds is 6. The van der Waals surface area contributed by atoms with Gasteiger partial charge in [-0.1, -0.05) is 25.7 Å². The van der Waals surface area contributed by atoms with Gasteiger partial charge >= 0.3 is 0 Å². The van der Waals surface area contributed by atoms with Gasteiger partial charge in [-0.2, -0.15) is 5.26 Å². The Labute approximate surface area is 108 Å². The van der Waals surface area contributed by atoms with Crippen molar-refractivity contribution in [2.45, 2.75) is 38.5 Å². The summed E-state index contributed by atoms with van der Waals surface area (Å²) in [5.41, 5.74) is -0.840. The highest BCUT2D eigenvalue weighted by atomic mass is 16.5. The van der Waals surface area contributed by atoms with Crippen LogP contribution in [0.1, 0.15) is 38.5 Å². The molecule has 0 aromatic heterocycles. The molecule has 1 amide bonds. The van der Waals surface area contributed by atoms with E-state index in [1.165, 1.54) is 0 Å². The van der Waals surface area contributed by atoms with Crippen LogP contribution in [0.4, 0.5) is 0 Å². The van der Waals surface area contributed by atoms with E-state index in [1.54, 1.807) is 0 Å². The molecule has 1 fully saturated rings. The number of nitrogens with one attached hydrogen (secondary N) is 1. The lowest BCUT2D eigenvalue weighted by Crippen LogP contribution is -2.41. The zero-order valence-electron chi connectivity index (χ0n) is 10.8. The van der Waals surface area contributed by atoms with E-state index in [4.69, 9.17) is 9.84 Å². The summed E-state index contributed by atoms with van der Waals surface area (Å²) in [5, 5.41) is 20.6. The van der Waals surface area contributed by atoms with E-state index in [-0.39, 0.29) is 19.1 Å². The zero-order valence-corrected chi connectivity index (χ0v) is 10.8. The van der Waals surface area contributed by atoms with Gasteiger partial charge in [0.15, 0.2) is 0 Å². The van der Waals surface area contributed by atoms with Gasteiger partial charge in [-0.3, -0.25) is 4.79 Å². The standard InChI is InChI=1S/C13H22N2O3/c14-11-13(5-3-1-2-4-6-13)12(17)15-7-9-18-10-8-16/h16H,1-10H2,(H,15,17). The molecule has 1 aliphatic carbocycles. The van der Waals surface area contributed by atoms with Crippen LogP contribution in [-0.4, -0.2) is 37.4 Å². The highest BCUT2D eigenvalue weighted by molar-refractivity contribution is 5.85. The van der Waals surface area contributed by atoms with Gasteiger partial charge in [-0.05, 0) is 12.8 Å². The molecule has 1 aliphatic rings. The second kappa shape index (κ2) is 8.06. The third-order valence-electron chi connectivity index (χ3n) is 3.37. The fraction of sp³-hybridized carbons (Fsp3) is 0.846. The minimum atomic E-state index is -0.840. The lowest BCUT2D eigenvalue weighted by Gasteiger charge is -2.23. The molecule has 0 aromatic carbocycles. The van der Waals surface area contributed by atoms with E-state index in [0.29, 0.717) is 26.0 Å². The minimum Gasteiger partial charge on any atom is -0.394 e. The normalized spacial score (nSPS) is 18.7. The van der Waals surface area contributed by atoms with Gasteiger partial charge < -0.3 is 15.2 Å². The molecule has 102 valence electrons. The lowest BCUT2D eigenvalue weighted by molar-refractivity contribution is -0.129. The molecular weight excluding hydrogens is 232 g/mol. The summed E-state index contributed by atoms with van der Waals surface area (Å²) in [4.78, 5) is 12.1. The quantitative estimate of drug-likeness (QED) is 0.546. The van der Waals surface area contributed by atoms with Gasteiger partial charge in [0.25, 0.3) is 0 Å². The van der Waals surface area contributed by atoms with E-state index in [2.05, 4.69) is 11.4 Å². The van der Waals surface area contributed by atoms with Gasteiger partial charge in [-0.25, -0.2) is 0 Å². The first-order valence-corrected chi connectivity index (χ1v) is 6.63. The van der Waals surface area contributed by atoms with Crippen LogP contribution < -0.4 is 5.32 Å². The summed E-state index contributed by atoms with van der Waals surface area (Å²) in [6.07, 6.45) is 5.43. The van der Waals surface area contributed by atoms with Crippen molar-refractivity contribution in [1.82, 2.24) is 5.32 Å². The largest absolute Gasteiger partial charge is 0.394 e. The molecule has 0 bridgehead atoms. The molecule has 0 heterocycles. The third kappa shape index (κ3) is 4.28. The molecule has 5 nitrogen and oxygen atoms in total. The molecular formula is C13H22N2O3. The first-order valence-electron chi connectivity index (χ1n) is 6.63. The Hall–Kier alpha value is -1.12. The number of ether oxygens (including phenoxy) is 1. The molecule has 1 rings (SSSR count). The Bertz CT molecular complexity index is 291. The van der Waals surface area contributed by atoms with E-state index < -0.39 is 5.41 Å². The molecule has 0 aromatic rings. The van der Waals surface area contributed by atoms with Gasteiger partial charge in [0, 0.05) is 6.54 Å². The van der Waals surface area contributed by atoms with Gasteiger partial charge in [0.05, 0.1) is 25.9 Å². The van der Waals surface area contributed by atoms with E-state index in [0.717, 1.165) is 25.7 Å². The van der Waals surface area contributed by atoms with Crippen LogP contribution in [0, 0.1) is 16.7 Å². The maximum atomic E-state index is 12.1. The molecule has 0 saturated heterocycles. The summed E-state index contributed by atoms with van der Waals surface area (Å²) >= 11 is 0. The van der Waals surface area contributed by atoms with Crippen molar-refractivity contribution in [3.05, 3.63) is 0 Å². The molecule has 2 N–H and O–H groups in total. The predicted molar refractivity (Wildman–Crippen MR) is 66.7 cm³/mol. The minimum absolute atomic E-state index is 0.0178. The Balaban J connectivity index is 2.39. The number of nitrogens with zero attached hydrogens (tertiary/aromatic N) is 1. The number of aliphatic hydroxyl groups is 1. The Morgan fingerprint density at radius 2 is 1.94 bits per heavy atom. The number of aliphatic hydroxyl groups excluding tert-OH is 1. The molecule has 1 saturated carbocycles. The Morgan fingerprint density at radius 3 is 2.50 bits per heavy atom. The second-order valence-electron chi connectivity index (χ2n) is 4.70. The summed E-state index contributed by atoms with van der Waals surface area (Å²) in [7, 11) is 0. The number of amides is 1. The topological polar surface area (TPSA) is 82.4 Å². The van der Waals surface area contributed by atoms with Crippen molar-refractivity contribution >= 4 is 5.91 Å². The second-order valence-corrected chi connectivity index (χ2v) is 4.70. The van der Waals surface area contributed by atoms with Crippen molar-refractivity contribution in [1.29, 1.82) is 5.26 Å². The van der Waals surface area contributed by atoms with Crippen molar-refractivity contribution in [2.75, 3.05) is 26.4 Å². The average molecular weight is 254 g/mol. The molecule has 5 heteroatoms. The monoisotopic (exact) mass is 254 g/mol. The fourth-order valence-electron chi connectivity index (χ4n) is 2.29. The van der Waals surface area contributed by atoms with Gasteiger partial charge in [-0.15, -0.1) is 0 Å². The van der Waals surface area contributed by atoms with Crippen molar-refractivity contribution in [3.63, 3.8) is 0 Å². The number of hydrogen-bond acceptors (Lipinski definition) is 4. The van der Waals surface area contributed by atoms with Crippen LogP contribution in [0.25, 0.3) is 0 Å². The average Bonchev–Trinajstić information content (AvgIpc) is 2.64. The summed E-state index contributed by atoms with van der Waals surface area (Å²) in [6.45, 7) is 1.02. The highest BCUT2D eigenvalue weighted by Crippen LogP contribution is 2.34. The number of carbonyl (C=O) groups is 1. The third-order valence-corrected chi connectivity index (χ3v) is 3.37. The van der Waals surface area contributed by atoms with Crippen LogP contribution >= 0.6 is 0 Å². The van der Waals surface area contributed by atoms with Crippen LogP contribution in [0.3, 0.4) is 0 Å². The first-order chi connectivity index (χ1) is 8.75. The molecule has 0 spiro atoms. The van der Waals surface area contributed by atoms with E-state index >= 15 is 0 Å². The molecule has 0 aliphatic heterocycles. The number of hydrogen-bond donors (Lipinski definition) is 2. The van der Waals surface area contributed by atoms with Crippen molar-refractivity contribution < 1.29 is 14.6 Å². The summed E-state index contributed by atoms with van der Waals surface area (Å²) < 4.78 is 5.06. The highest BCUT2D eigenvalue weighted by Gasteiger charge is 2.38. The van der Waals surface area contributed by atoms with Crippen LogP contribution in [0.2, 0.25) is 0 Å². The molecule has 0 unspecified atom stereocenters. The van der Waals surface area contributed by atoms with Gasteiger partial charge in [0.2, 0.25) is 5.91 Å². The predicted octanol–water partition coefficient (Wildman–Crippen LogP) is 0.976. The fourth-order valence-corrected chi connectivity index (χ4v) is 2.29. The van der Waals surface area contributed by atoms with Gasteiger partial charge in [0.1, 0.15) is 5.41 Å². The summed E-state index contributed by atoms with van der Waals surface area (Å²) in [5.74, 6) is -0.167. The SMILES string of the molecule is N#CC1(C(=O)NCCOCCO)CCCCCC1. The number of carbonyl (C=O) groups excluding carboxylic acids is 1. The first kappa shape index (κ1) is 14.9. The van der Waals surface area contributed by atoms with Crippen LogP contribution in [0.5, 0.6) is 0 Å². The van der Waals surface area contributed by atoms with E-state index in [9.17, 15) is 10.1 Å². The molecule has 18 heavy (non-hydrogen) atoms. The van der Waals surface area contributed by atoms with Crippen LogP contribution in [0.15, 0.2) is 0 Å². The maximum absolute atomic E-state index is 12.1. The molecule has 0 atom stereocenters. The Morgan fingerprint density at radius 1 is 1.28 bits per heavy atom. The zero-order chi connectivity index (χ0) is 13.3. The Kier molecular flexibility index (Phi) is 6.69.